The van der Waals surface area contributed by atoms with Crippen LogP contribution in [0.25, 0.3) is 17.2 Å². The van der Waals surface area contributed by atoms with E-state index in [4.69, 9.17) is 5.73 Å². The molecule has 0 amide bonds. The third-order valence-electron chi connectivity index (χ3n) is 3.34. The van der Waals surface area contributed by atoms with E-state index in [-0.39, 0.29) is 0 Å². The lowest BCUT2D eigenvalue weighted by Crippen LogP contribution is -2.11. The summed E-state index contributed by atoms with van der Waals surface area (Å²) in [5.74, 6) is 1.40. The molecule has 7 nitrogen and oxygen atoms in total. The molecule has 2 heterocycles. The van der Waals surface area contributed by atoms with Crippen molar-refractivity contribution in [1.29, 1.82) is 0 Å². The molecular formula is C14H17N7. The molecule has 2 aromatic heterocycles. The summed E-state index contributed by atoms with van der Waals surface area (Å²) in [5, 5.41) is 17.2. The van der Waals surface area contributed by atoms with E-state index in [1.165, 1.54) is 4.80 Å². The molecule has 3 aromatic rings. The van der Waals surface area contributed by atoms with Gasteiger partial charge in [0.2, 0.25) is 5.82 Å². The van der Waals surface area contributed by atoms with Gasteiger partial charge >= 0.3 is 0 Å². The molecule has 0 aliphatic rings. The fourth-order valence-electron chi connectivity index (χ4n) is 2.38. The lowest BCUT2D eigenvalue weighted by Gasteiger charge is -2.03. The lowest BCUT2D eigenvalue weighted by atomic mass is 10.2. The number of nitrogens with zero attached hydrogens (tertiary/aromatic N) is 6. The molecule has 2 N–H and O–H groups in total. The van der Waals surface area contributed by atoms with E-state index in [2.05, 4.69) is 20.5 Å². The van der Waals surface area contributed by atoms with Crippen molar-refractivity contribution in [3.63, 3.8) is 0 Å². The molecule has 0 fully saturated rings. The average Bonchev–Trinajstić information content (AvgIpc) is 3.06. The van der Waals surface area contributed by atoms with Crippen LogP contribution in [0.3, 0.4) is 0 Å². The van der Waals surface area contributed by atoms with E-state index in [0.29, 0.717) is 12.4 Å². The van der Waals surface area contributed by atoms with E-state index >= 15 is 0 Å². The van der Waals surface area contributed by atoms with Crippen LogP contribution in [0.15, 0.2) is 30.3 Å². The van der Waals surface area contributed by atoms with Crippen LogP contribution in [-0.2, 0) is 13.5 Å². The number of aryl methyl sites for hydroxylation is 2. The molecule has 0 saturated carbocycles. The molecule has 3 rings (SSSR count). The predicted molar refractivity (Wildman–Crippen MR) is 78.9 cm³/mol. The second-order valence-corrected chi connectivity index (χ2v) is 4.82. The molecule has 0 saturated heterocycles. The topological polar surface area (TPSA) is 87.4 Å². The number of aromatic nitrogens is 6. The third-order valence-corrected chi connectivity index (χ3v) is 3.34. The molecule has 0 spiro atoms. The maximum absolute atomic E-state index is 5.68. The first-order valence-electron chi connectivity index (χ1n) is 6.79. The molecule has 7 heteroatoms. The first kappa shape index (κ1) is 13.4. The summed E-state index contributed by atoms with van der Waals surface area (Å²) in [7, 11) is 1.87. The van der Waals surface area contributed by atoms with Crippen LogP contribution in [0.5, 0.6) is 0 Å². The highest BCUT2D eigenvalue weighted by Crippen LogP contribution is 2.18. The Hall–Kier alpha value is -2.54. The van der Waals surface area contributed by atoms with Crippen molar-refractivity contribution in [3.8, 4) is 17.2 Å². The van der Waals surface area contributed by atoms with E-state index in [1.54, 1.807) is 4.68 Å². The summed E-state index contributed by atoms with van der Waals surface area (Å²) in [5.41, 5.74) is 8.61. The second-order valence-electron chi connectivity index (χ2n) is 4.82. The fraction of sp³-hybridized carbons (Fsp3) is 0.286. The third kappa shape index (κ3) is 2.43. The quantitative estimate of drug-likeness (QED) is 0.767. The van der Waals surface area contributed by atoms with Gasteiger partial charge in [-0.25, -0.2) is 4.68 Å². The molecule has 0 bridgehead atoms. The van der Waals surface area contributed by atoms with Gasteiger partial charge in [0.05, 0.1) is 5.69 Å². The summed E-state index contributed by atoms with van der Waals surface area (Å²) in [6.07, 6.45) is 0.733. The van der Waals surface area contributed by atoms with Gasteiger partial charge in [-0.2, -0.15) is 5.10 Å². The number of hydrogen-bond acceptors (Lipinski definition) is 5. The summed E-state index contributed by atoms with van der Waals surface area (Å²) in [4.78, 5) is 1.52. The molecule has 1 aromatic carbocycles. The van der Waals surface area contributed by atoms with Crippen LogP contribution in [0, 0.1) is 6.92 Å². The predicted octanol–water partition coefficient (Wildman–Crippen LogP) is 0.872. The molecule has 0 atom stereocenters. The van der Waals surface area contributed by atoms with Crippen LogP contribution < -0.4 is 5.73 Å². The first-order chi connectivity index (χ1) is 10.2. The van der Waals surface area contributed by atoms with Crippen LogP contribution in [-0.4, -0.2) is 36.5 Å². The average molecular weight is 283 g/mol. The van der Waals surface area contributed by atoms with Crippen molar-refractivity contribution in [2.45, 2.75) is 13.3 Å². The van der Waals surface area contributed by atoms with Crippen molar-refractivity contribution in [3.05, 3.63) is 41.6 Å². The van der Waals surface area contributed by atoms with Gasteiger partial charge in [-0.15, -0.1) is 15.0 Å². The van der Waals surface area contributed by atoms with Crippen molar-refractivity contribution < 1.29 is 0 Å². The largest absolute Gasteiger partial charge is 0.330 e. The van der Waals surface area contributed by atoms with Gasteiger partial charge in [-0.3, -0.25) is 0 Å². The van der Waals surface area contributed by atoms with Crippen molar-refractivity contribution in [2.75, 3.05) is 6.54 Å². The second kappa shape index (κ2) is 5.45. The Morgan fingerprint density at radius 1 is 1.14 bits per heavy atom. The van der Waals surface area contributed by atoms with Crippen LogP contribution >= 0.6 is 0 Å². The fourth-order valence-corrected chi connectivity index (χ4v) is 2.38. The number of hydrogen-bond donors (Lipinski definition) is 1. The molecule has 0 radical (unpaired) electrons. The minimum absolute atomic E-state index is 0.555. The SMILES string of the molecule is Cc1nn(C)c(-n2nnc(-c3ccccc3)n2)c1CCN. The van der Waals surface area contributed by atoms with Gasteiger partial charge in [0.25, 0.3) is 0 Å². The lowest BCUT2D eigenvalue weighted by molar-refractivity contribution is 0.628. The van der Waals surface area contributed by atoms with Gasteiger partial charge in [0.15, 0.2) is 5.82 Å². The summed E-state index contributed by atoms with van der Waals surface area (Å²) in [6.45, 7) is 2.52. The smallest absolute Gasteiger partial charge is 0.205 e. The van der Waals surface area contributed by atoms with Gasteiger partial charge in [-0.1, -0.05) is 30.3 Å². The minimum atomic E-state index is 0.555. The zero-order chi connectivity index (χ0) is 14.8. The Kier molecular flexibility index (Phi) is 3.49. The Bertz CT molecular complexity index is 742. The monoisotopic (exact) mass is 283 g/mol. The molecule has 108 valence electrons. The summed E-state index contributed by atoms with van der Waals surface area (Å²) in [6, 6.07) is 9.76. The maximum Gasteiger partial charge on any atom is 0.205 e. The Morgan fingerprint density at radius 3 is 2.62 bits per heavy atom. The zero-order valence-electron chi connectivity index (χ0n) is 12.1. The Morgan fingerprint density at radius 2 is 1.90 bits per heavy atom. The van der Waals surface area contributed by atoms with Gasteiger partial charge in [0.1, 0.15) is 0 Å². The van der Waals surface area contributed by atoms with Crippen molar-refractivity contribution in [2.24, 2.45) is 12.8 Å². The zero-order valence-corrected chi connectivity index (χ0v) is 12.1. The van der Waals surface area contributed by atoms with Crippen molar-refractivity contribution >= 4 is 0 Å². The first-order valence-corrected chi connectivity index (χ1v) is 6.79. The summed E-state index contributed by atoms with van der Waals surface area (Å²) >= 11 is 0. The van der Waals surface area contributed by atoms with Crippen LogP contribution in [0.2, 0.25) is 0 Å². The van der Waals surface area contributed by atoms with E-state index < -0.39 is 0 Å². The van der Waals surface area contributed by atoms with E-state index in [9.17, 15) is 0 Å². The van der Waals surface area contributed by atoms with Gasteiger partial charge in [0, 0.05) is 18.2 Å². The summed E-state index contributed by atoms with van der Waals surface area (Å²) < 4.78 is 1.76. The molecule has 0 aliphatic heterocycles. The highest BCUT2D eigenvalue weighted by atomic mass is 15.6. The number of nitrogens with two attached hydrogens (primary N) is 1. The van der Waals surface area contributed by atoms with E-state index in [0.717, 1.165) is 29.1 Å². The molecule has 21 heavy (non-hydrogen) atoms. The van der Waals surface area contributed by atoms with Crippen LogP contribution in [0.1, 0.15) is 11.3 Å². The van der Waals surface area contributed by atoms with Gasteiger partial charge < -0.3 is 5.73 Å². The Balaban J connectivity index is 2.05. The molecule has 0 unspecified atom stereocenters. The molecule has 0 aliphatic carbocycles. The number of rotatable bonds is 4. The number of tetrazole rings is 1. The highest BCUT2D eigenvalue weighted by Gasteiger charge is 2.17. The van der Waals surface area contributed by atoms with Crippen LogP contribution in [0.4, 0.5) is 0 Å². The highest BCUT2D eigenvalue weighted by molar-refractivity contribution is 5.53. The van der Waals surface area contributed by atoms with Crippen molar-refractivity contribution in [1.82, 2.24) is 30.0 Å². The van der Waals surface area contributed by atoms with Gasteiger partial charge in [-0.05, 0) is 25.1 Å². The molecular weight excluding hydrogens is 266 g/mol. The number of benzene rings is 1. The standard InChI is InChI=1S/C14H17N7/c1-10-12(8-9-15)14(20(2)17-10)21-18-13(16-19-21)11-6-4-3-5-7-11/h3-7H,8-9,15H2,1-2H3. The van der Waals surface area contributed by atoms with E-state index in [1.807, 2.05) is 44.3 Å². The minimum Gasteiger partial charge on any atom is -0.330 e. The normalized spacial score (nSPS) is 11.0. The Labute approximate surface area is 122 Å². The maximum atomic E-state index is 5.68.